The molecule has 0 amide bonds. The van der Waals surface area contributed by atoms with Crippen LogP contribution in [0.25, 0.3) is 15.9 Å². The number of ether oxygens (including phenoxy) is 2. The summed E-state index contributed by atoms with van der Waals surface area (Å²) in [6.45, 7) is 0.881. The third kappa shape index (κ3) is 4.22. The van der Waals surface area contributed by atoms with Gasteiger partial charge in [-0.3, -0.25) is 9.36 Å². The van der Waals surface area contributed by atoms with Crippen molar-refractivity contribution in [3.63, 3.8) is 0 Å². The Bertz CT molecular complexity index is 1170. The molecule has 4 atom stereocenters. The van der Waals surface area contributed by atoms with Crippen LogP contribution in [0, 0.1) is 0 Å². The lowest BCUT2D eigenvalue weighted by atomic mass is 10.0. The van der Waals surface area contributed by atoms with Gasteiger partial charge in [-0.1, -0.05) is 0 Å². The van der Waals surface area contributed by atoms with Crippen LogP contribution >= 0.6 is 11.3 Å². The van der Waals surface area contributed by atoms with Crippen LogP contribution in [0.2, 0.25) is 0 Å². The summed E-state index contributed by atoms with van der Waals surface area (Å²) in [5.74, 6) is 0.877. The minimum Gasteiger partial charge on any atom is -0.490 e. The third-order valence-corrected chi connectivity index (χ3v) is 8.87. The quantitative estimate of drug-likeness (QED) is 0.534. The maximum absolute atomic E-state index is 13.2. The molecule has 6 rings (SSSR count). The van der Waals surface area contributed by atoms with E-state index in [0.29, 0.717) is 18.2 Å². The zero-order chi connectivity index (χ0) is 22.4. The average Bonchev–Trinajstić information content (AvgIpc) is 3.53. The average molecular weight is 466 g/mol. The standard InChI is InChI=1S/C26H31N3O3S/c1-28-18-4-5-19(28)14-22(13-18)32-21-8-6-17(7-9-21)29-16-27-24-15-23(33-25(24)26(29)30)11-10-20-3-2-12-31-20/h6-9,15-16,18-20,22H,2-5,10-14H2,1H3/t18-,19+,20?,22+. The Hall–Kier alpha value is -2.22. The van der Waals surface area contributed by atoms with Crippen LogP contribution < -0.4 is 10.3 Å². The first-order valence-electron chi connectivity index (χ1n) is 12.2. The van der Waals surface area contributed by atoms with E-state index in [-0.39, 0.29) is 11.7 Å². The molecule has 33 heavy (non-hydrogen) atoms. The van der Waals surface area contributed by atoms with Gasteiger partial charge in [0.2, 0.25) is 0 Å². The van der Waals surface area contributed by atoms with Gasteiger partial charge in [0.15, 0.2) is 0 Å². The first-order valence-corrected chi connectivity index (χ1v) is 13.1. The van der Waals surface area contributed by atoms with E-state index in [1.165, 1.54) is 17.7 Å². The lowest BCUT2D eigenvalue weighted by Gasteiger charge is -2.36. The van der Waals surface area contributed by atoms with Gasteiger partial charge in [-0.15, -0.1) is 11.3 Å². The molecule has 0 spiro atoms. The van der Waals surface area contributed by atoms with Crippen molar-refractivity contribution in [1.29, 1.82) is 0 Å². The number of rotatable bonds is 6. The lowest BCUT2D eigenvalue weighted by Crippen LogP contribution is -2.43. The van der Waals surface area contributed by atoms with E-state index in [1.807, 2.05) is 24.3 Å². The summed E-state index contributed by atoms with van der Waals surface area (Å²) in [7, 11) is 2.25. The van der Waals surface area contributed by atoms with E-state index in [4.69, 9.17) is 9.47 Å². The number of benzene rings is 1. The number of nitrogens with zero attached hydrogens (tertiary/aromatic N) is 3. The Kier molecular flexibility index (Phi) is 5.72. The molecule has 3 aliphatic heterocycles. The SMILES string of the molecule is CN1[C@@H]2CC[C@H]1C[C@@H](Oc1ccc(-n3cnc4cc(CCC5CCCO5)sc4c3=O)cc1)C2. The summed E-state index contributed by atoms with van der Waals surface area (Å²) < 4.78 is 14.4. The number of fused-ring (bicyclic) bond motifs is 3. The minimum absolute atomic E-state index is 0.00562. The van der Waals surface area contributed by atoms with Gasteiger partial charge in [-0.25, -0.2) is 4.98 Å². The van der Waals surface area contributed by atoms with E-state index in [0.717, 1.165) is 66.8 Å². The Morgan fingerprint density at radius 3 is 2.67 bits per heavy atom. The smallest absolute Gasteiger partial charge is 0.275 e. The van der Waals surface area contributed by atoms with E-state index < -0.39 is 0 Å². The predicted molar refractivity (Wildman–Crippen MR) is 131 cm³/mol. The second-order valence-corrected chi connectivity index (χ2v) is 10.9. The molecular weight excluding hydrogens is 434 g/mol. The summed E-state index contributed by atoms with van der Waals surface area (Å²) in [4.78, 5) is 21.5. The molecule has 5 heterocycles. The number of hydrogen-bond donors (Lipinski definition) is 0. The molecule has 2 aromatic heterocycles. The fraction of sp³-hybridized carbons (Fsp3) is 0.538. The van der Waals surface area contributed by atoms with Crippen molar-refractivity contribution in [3.8, 4) is 11.4 Å². The van der Waals surface area contributed by atoms with Gasteiger partial charge >= 0.3 is 0 Å². The molecular formula is C26H31N3O3S. The molecule has 7 heteroatoms. The molecule has 3 fully saturated rings. The van der Waals surface area contributed by atoms with Crippen molar-refractivity contribution in [2.75, 3.05) is 13.7 Å². The monoisotopic (exact) mass is 465 g/mol. The molecule has 1 aromatic carbocycles. The molecule has 2 bridgehead atoms. The zero-order valence-electron chi connectivity index (χ0n) is 19.1. The molecule has 0 aliphatic carbocycles. The highest BCUT2D eigenvalue weighted by Crippen LogP contribution is 2.36. The van der Waals surface area contributed by atoms with Gasteiger partial charge in [0.25, 0.3) is 5.56 Å². The summed E-state index contributed by atoms with van der Waals surface area (Å²) in [6, 6.07) is 11.3. The largest absolute Gasteiger partial charge is 0.490 e. The van der Waals surface area contributed by atoms with E-state index in [2.05, 4.69) is 23.0 Å². The maximum atomic E-state index is 13.2. The molecule has 3 saturated heterocycles. The Balaban J connectivity index is 1.16. The summed E-state index contributed by atoms with van der Waals surface area (Å²) in [6.07, 6.45) is 11.3. The van der Waals surface area contributed by atoms with Crippen LogP contribution in [0.15, 0.2) is 41.5 Å². The first-order chi connectivity index (χ1) is 16.1. The van der Waals surface area contributed by atoms with Gasteiger partial charge in [-0.05, 0) is 88.7 Å². The normalized spacial score (nSPS) is 27.4. The molecule has 0 N–H and O–H groups in total. The Labute approximate surface area is 198 Å². The molecule has 0 saturated carbocycles. The molecule has 174 valence electrons. The highest BCUT2D eigenvalue weighted by molar-refractivity contribution is 7.18. The number of aromatic nitrogens is 2. The van der Waals surface area contributed by atoms with Crippen molar-refractivity contribution in [1.82, 2.24) is 14.5 Å². The highest BCUT2D eigenvalue weighted by Gasteiger charge is 2.39. The van der Waals surface area contributed by atoms with Gasteiger partial charge in [0, 0.05) is 23.6 Å². The summed E-state index contributed by atoms with van der Waals surface area (Å²) in [5, 5.41) is 0. The molecule has 1 unspecified atom stereocenters. The van der Waals surface area contributed by atoms with Crippen LogP contribution in [0.4, 0.5) is 0 Å². The number of aryl methyl sites for hydroxylation is 1. The molecule has 3 aromatic rings. The van der Waals surface area contributed by atoms with Crippen molar-refractivity contribution < 1.29 is 9.47 Å². The highest BCUT2D eigenvalue weighted by atomic mass is 32.1. The second-order valence-electron chi connectivity index (χ2n) is 9.78. The van der Waals surface area contributed by atoms with Crippen LogP contribution in [0.3, 0.4) is 0 Å². The summed E-state index contributed by atoms with van der Waals surface area (Å²) in [5.41, 5.74) is 1.61. The van der Waals surface area contributed by atoms with Crippen molar-refractivity contribution in [2.24, 2.45) is 0 Å². The number of thiophene rings is 1. The van der Waals surface area contributed by atoms with E-state index in [1.54, 1.807) is 22.2 Å². The molecule has 0 radical (unpaired) electrons. The van der Waals surface area contributed by atoms with Gasteiger partial charge in [0.1, 0.15) is 22.9 Å². The van der Waals surface area contributed by atoms with Crippen molar-refractivity contribution in [3.05, 3.63) is 51.9 Å². The third-order valence-electron chi connectivity index (χ3n) is 7.70. The fourth-order valence-electron chi connectivity index (χ4n) is 5.78. The first kappa shape index (κ1) is 21.3. The van der Waals surface area contributed by atoms with Crippen LogP contribution in [-0.4, -0.2) is 52.4 Å². The zero-order valence-corrected chi connectivity index (χ0v) is 19.9. The Morgan fingerprint density at radius 2 is 1.94 bits per heavy atom. The number of piperidine rings is 1. The number of hydrogen-bond acceptors (Lipinski definition) is 6. The van der Waals surface area contributed by atoms with Gasteiger partial charge in [-0.2, -0.15) is 0 Å². The van der Waals surface area contributed by atoms with Crippen LogP contribution in [-0.2, 0) is 11.2 Å². The summed E-state index contributed by atoms with van der Waals surface area (Å²) >= 11 is 1.57. The van der Waals surface area contributed by atoms with Crippen LogP contribution in [0.1, 0.15) is 49.8 Å². The molecule has 6 nitrogen and oxygen atoms in total. The van der Waals surface area contributed by atoms with Gasteiger partial charge < -0.3 is 14.4 Å². The van der Waals surface area contributed by atoms with Gasteiger partial charge in [0.05, 0.1) is 17.3 Å². The fourth-order valence-corrected chi connectivity index (χ4v) is 6.83. The van der Waals surface area contributed by atoms with Crippen LogP contribution in [0.5, 0.6) is 5.75 Å². The topological polar surface area (TPSA) is 56.6 Å². The predicted octanol–water partition coefficient (Wildman–Crippen LogP) is 4.56. The maximum Gasteiger partial charge on any atom is 0.275 e. The van der Waals surface area contributed by atoms with E-state index >= 15 is 0 Å². The van der Waals surface area contributed by atoms with E-state index in [9.17, 15) is 4.79 Å². The van der Waals surface area contributed by atoms with Crippen molar-refractivity contribution >= 4 is 21.6 Å². The van der Waals surface area contributed by atoms with Crippen molar-refractivity contribution in [2.45, 2.75) is 75.7 Å². The molecule has 3 aliphatic rings. The Morgan fingerprint density at radius 1 is 1.15 bits per heavy atom. The second kappa shape index (κ2) is 8.85. The lowest BCUT2D eigenvalue weighted by molar-refractivity contribution is 0.0662. The minimum atomic E-state index is -0.00562.